The van der Waals surface area contributed by atoms with E-state index >= 15 is 0 Å². The van der Waals surface area contributed by atoms with Crippen molar-refractivity contribution in [1.82, 2.24) is 5.32 Å². The van der Waals surface area contributed by atoms with E-state index in [9.17, 15) is 4.57 Å². The van der Waals surface area contributed by atoms with E-state index in [1.54, 1.807) is 0 Å². The van der Waals surface area contributed by atoms with Gasteiger partial charge in [-0.25, -0.2) is 0 Å². The highest BCUT2D eigenvalue weighted by atomic mass is 31.2. The summed E-state index contributed by atoms with van der Waals surface area (Å²) in [6.45, 7) is 4.21. The molecule has 0 aliphatic carbocycles. The first-order chi connectivity index (χ1) is 8.12. The molecule has 0 aromatic rings. The van der Waals surface area contributed by atoms with E-state index < -0.39 is 7.60 Å². The Balaban J connectivity index is 3.11. The normalized spacial score (nSPS) is 14.8. The molecule has 1 atom stereocenters. The molecule has 0 fully saturated rings. The molecule has 0 aromatic carbocycles. The van der Waals surface area contributed by atoms with Gasteiger partial charge in [-0.3, -0.25) is 4.57 Å². The van der Waals surface area contributed by atoms with Gasteiger partial charge in [0.1, 0.15) is 0 Å². The lowest BCUT2D eigenvalue weighted by atomic mass is 10.1. The first kappa shape index (κ1) is 17.1. The van der Waals surface area contributed by atoms with Gasteiger partial charge in [-0.15, -0.1) is 0 Å². The maximum Gasteiger partial charge on any atom is 0.327 e. The molecule has 2 N–H and O–H groups in total. The van der Waals surface area contributed by atoms with Crippen LogP contribution in [0.15, 0.2) is 0 Å². The van der Waals surface area contributed by atoms with Gasteiger partial charge >= 0.3 is 7.60 Å². The Kier molecular flexibility index (Phi) is 11.3. The Morgan fingerprint density at radius 3 is 2.24 bits per heavy atom. The van der Waals surface area contributed by atoms with Gasteiger partial charge < -0.3 is 14.7 Å². The smallest absolute Gasteiger partial charge is 0.324 e. The molecule has 0 aromatic heterocycles. The molecule has 0 bridgehead atoms. The van der Waals surface area contributed by atoms with Crippen molar-refractivity contribution < 1.29 is 14.0 Å². The van der Waals surface area contributed by atoms with Crippen LogP contribution in [-0.2, 0) is 9.09 Å². The molecule has 0 aliphatic rings. The molecule has 104 valence electrons. The zero-order valence-corrected chi connectivity index (χ0v) is 12.2. The van der Waals surface area contributed by atoms with Gasteiger partial charge in [-0.2, -0.15) is 0 Å². The molecule has 0 rings (SSSR count). The van der Waals surface area contributed by atoms with Gasteiger partial charge in [0.25, 0.3) is 0 Å². The second kappa shape index (κ2) is 11.2. The van der Waals surface area contributed by atoms with E-state index in [0.29, 0.717) is 0 Å². The number of nitrogens with one attached hydrogen (secondary N) is 1. The summed E-state index contributed by atoms with van der Waals surface area (Å²) in [5.41, 5.74) is 0. The molecule has 17 heavy (non-hydrogen) atoms. The summed E-state index contributed by atoms with van der Waals surface area (Å²) in [5, 5.41) is 3.35. The van der Waals surface area contributed by atoms with Crippen LogP contribution in [0, 0.1) is 0 Å². The second-order valence-corrected chi connectivity index (χ2v) is 6.50. The van der Waals surface area contributed by atoms with Gasteiger partial charge in [-0.05, 0) is 32.4 Å². The lowest BCUT2D eigenvalue weighted by Crippen LogP contribution is -2.16. The van der Waals surface area contributed by atoms with E-state index in [4.69, 9.17) is 4.89 Å². The highest BCUT2D eigenvalue weighted by molar-refractivity contribution is 7.52. The van der Waals surface area contributed by atoms with Gasteiger partial charge in [-0.1, -0.05) is 32.6 Å². The summed E-state index contributed by atoms with van der Waals surface area (Å²) in [5.74, 6) is 0. The van der Waals surface area contributed by atoms with E-state index in [1.807, 2.05) is 0 Å². The van der Waals surface area contributed by atoms with Crippen LogP contribution in [0.1, 0.15) is 51.9 Å². The Bertz CT molecular complexity index is 212. The molecular formula is C12H28NO3P. The molecule has 0 heterocycles. The van der Waals surface area contributed by atoms with Gasteiger partial charge in [0.2, 0.25) is 0 Å². The van der Waals surface area contributed by atoms with Crippen LogP contribution in [0.3, 0.4) is 0 Å². The molecule has 4 nitrogen and oxygen atoms in total. The van der Waals surface area contributed by atoms with Crippen molar-refractivity contribution in [3.8, 4) is 0 Å². The molecule has 1 unspecified atom stereocenters. The Labute approximate surface area is 106 Å². The van der Waals surface area contributed by atoms with Gasteiger partial charge in [0.15, 0.2) is 0 Å². The summed E-state index contributed by atoms with van der Waals surface area (Å²) in [6.07, 6.45) is 8.43. The van der Waals surface area contributed by atoms with Crippen LogP contribution >= 0.6 is 7.60 Å². The lowest BCUT2D eigenvalue weighted by Gasteiger charge is -2.08. The highest BCUT2D eigenvalue weighted by Gasteiger charge is 2.15. The predicted octanol–water partition coefficient (Wildman–Crippen LogP) is 3.16. The topological polar surface area (TPSA) is 58.6 Å². The Morgan fingerprint density at radius 1 is 1.06 bits per heavy atom. The van der Waals surface area contributed by atoms with Crippen molar-refractivity contribution in [2.24, 2.45) is 0 Å². The van der Waals surface area contributed by atoms with Crippen molar-refractivity contribution in [1.29, 1.82) is 0 Å². The zero-order chi connectivity index (χ0) is 13.0. The average molecular weight is 265 g/mol. The van der Waals surface area contributed by atoms with Crippen LogP contribution in [-0.4, -0.2) is 31.3 Å². The maximum atomic E-state index is 11.1. The average Bonchev–Trinajstić information content (AvgIpc) is 2.31. The third-order valence-corrected chi connectivity index (χ3v) is 4.24. The van der Waals surface area contributed by atoms with Crippen molar-refractivity contribution in [3.63, 3.8) is 0 Å². The number of hydrogen-bond donors (Lipinski definition) is 2. The molecule has 0 aliphatic heterocycles. The summed E-state index contributed by atoms with van der Waals surface area (Å²) in [6, 6.07) is 0. The quantitative estimate of drug-likeness (QED) is 0.420. The molecule has 0 spiro atoms. The molecule has 0 radical (unpaired) electrons. The molecular weight excluding hydrogens is 237 g/mol. The Morgan fingerprint density at radius 2 is 1.65 bits per heavy atom. The van der Waals surface area contributed by atoms with Crippen LogP contribution in [0.4, 0.5) is 0 Å². The number of hydrogen-bond acceptors (Lipinski definition) is 3. The van der Waals surface area contributed by atoms with Crippen LogP contribution in [0.5, 0.6) is 0 Å². The maximum absolute atomic E-state index is 11.1. The van der Waals surface area contributed by atoms with E-state index in [2.05, 4.69) is 16.8 Å². The Hall–Kier alpha value is 0.110. The summed E-state index contributed by atoms with van der Waals surface area (Å²) >= 11 is 0. The highest BCUT2D eigenvalue weighted by Crippen LogP contribution is 2.41. The minimum absolute atomic E-state index is 0.266. The second-order valence-electron chi connectivity index (χ2n) is 4.41. The third-order valence-electron chi connectivity index (χ3n) is 2.79. The van der Waals surface area contributed by atoms with E-state index in [-0.39, 0.29) is 6.16 Å². The fraction of sp³-hybridized carbons (Fsp3) is 1.00. The zero-order valence-electron chi connectivity index (χ0n) is 11.3. The predicted molar refractivity (Wildman–Crippen MR) is 72.6 cm³/mol. The standard InChI is InChI=1S/C12H28NO3P/c1-3-4-5-6-7-10-13-11-8-9-12-17(14,15)16-2/h13H,3-12H2,1-2H3,(H,14,15). The van der Waals surface area contributed by atoms with Crippen molar-refractivity contribution in [2.45, 2.75) is 51.9 Å². The van der Waals surface area contributed by atoms with Crippen LogP contribution in [0.25, 0.3) is 0 Å². The van der Waals surface area contributed by atoms with Crippen LogP contribution < -0.4 is 5.32 Å². The lowest BCUT2D eigenvalue weighted by molar-refractivity contribution is 0.314. The monoisotopic (exact) mass is 265 g/mol. The van der Waals surface area contributed by atoms with Crippen LogP contribution in [0.2, 0.25) is 0 Å². The summed E-state index contributed by atoms with van der Waals surface area (Å²) in [4.78, 5) is 9.16. The van der Waals surface area contributed by atoms with Gasteiger partial charge in [0.05, 0.1) is 6.16 Å². The fourth-order valence-corrected chi connectivity index (χ4v) is 2.44. The largest absolute Gasteiger partial charge is 0.327 e. The molecule has 5 heteroatoms. The first-order valence-electron chi connectivity index (χ1n) is 6.70. The third kappa shape index (κ3) is 12.4. The number of rotatable bonds is 12. The fourth-order valence-electron chi connectivity index (χ4n) is 1.63. The van der Waals surface area contributed by atoms with E-state index in [0.717, 1.165) is 25.9 Å². The number of unbranched alkanes of at least 4 members (excludes halogenated alkanes) is 5. The molecule has 0 saturated carbocycles. The molecule has 0 amide bonds. The molecule has 0 saturated heterocycles. The van der Waals surface area contributed by atoms with Crippen molar-refractivity contribution in [2.75, 3.05) is 26.4 Å². The minimum atomic E-state index is -3.28. The SMILES string of the molecule is CCCCCCCNCCCCP(=O)(O)OC. The summed E-state index contributed by atoms with van der Waals surface area (Å²) in [7, 11) is -1.99. The first-order valence-corrected chi connectivity index (χ1v) is 8.47. The van der Waals surface area contributed by atoms with E-state index in [1.165, 1.54) is 39.2 Å². The summed E-state index contributed by atoms with van der Waals surface area (Å²) < 4.78 is 15.6. The minimum Gasteiger partial charge on any atom is -0.324 e. The van der Waals surface area contributed by atoms with Crippen molar-refractivity contribution >= 4 is 7.60 Å². The van der Waals surface area contributed by atoms with Gasteiger partial charge in [0, 0.05) is 7.11 Å². The van der Waals surface area contributed by atoms with Crippen molar-refractivity contribution in [3.05, 3.63) is 0 Å².